The Hall–Kier alpha value is -4.04. The number of imide groups is 1. The normalized spacial score (nSPS) is 18.1. The predicted octanol–water partition coefficient (Wildman–Crippen LogP) is 4.32. The van der Waals surface area contributed by atoms with Crippen molar-refractivity contribution in [1.29, 1.82) is 0 Å². The number of anilines is 4. The summed E-state index contributed by atoms with van der Waals surface area (Å²) < 4.78 is 5.79. The lowest BCUT2D eigenvalue weighted by Gasteiger charge is -2.38. The molecule has 3 amide bonds. The van der Waals surface area contributed by atoms with Crippen LogP contribution in [-0.4, -0.2) is 104 Å². The highest BCUT2D eigenvalue weighted by Crippen LogP contribution is 2.38. The van der Waals surface area contributed by atoms with Crippen LogP contribution in [0.15, 0.2) is 36.7 Å². The first-order valence-electron chi connectivity index (χ1n) is 17.7. The first-order valence-corrected chi connectivity index (χ1v) is 18.1. The molecule has 3 aromatic rings. The fourth-order valence-corrected chi connectivity index (χ4v) is 6.84. The topological polar surface area (TPSA) is 144 Å². The maximum Gasteiger partial charge on any atom is 0.257 e. The molecule has 0 unspecified atom stereocenters. The van der Waals surface area contributed by atoms with Gasteiger partial charge < -0.3 is 30.9 Å². The Balaban J connectivity index is 1.53. The predicted molar refractivity (Wildman–Crippen MR) is 203 cm³/mol. The summed E-state index contributed by atoms with van der Waals surface area (Å²) in [6.45, 7) is 16.1. The number of halogens is 1. The van der Waals surface area contributed by atoms with Gasteiger partial charge in [-0.1, -0.05) is 32.4 Å². The minimum Gasteiger partial charge on any atom is -0.494 e. The SMILES string of the molecule is CN[C@@H](C)C(=O)N[C@H](C(=O)N(C(=O)[C@@H]1CCCN1)c1cc2c(Nc3ccc(N4CCN(C(C)C)CC4)c(Cl)c3)ncnc2cc1OC)C(C)(C)C. The Bertz CT molecular complexity index is 1730. The lowest BCUT2D eigenvalue weighted by molar-refractivity contribution is -0.134. The fraction of sp³-hybridized carbons (Fsp3) is 0.541. The van der Waals surface area contributed by atoms with Gasteiger partial charge in [-0.3, -0.25) is 19.3 Å². The zero-order chi connectivity index (χ0) is 37.0. The number of benzene rings is 2. The number of aromatic nitrogens is 2. The Morgan fingerprint density at radius 2 is 1.78 bits per heavy atom. The molecule has 2 aliphatic rings. The second-order valence-corrected chi connectivity index (χ2v) is 15.1. The van der Waals surface area contributed by atoms with Gasteiger partial charge in [0.1, 0.15) is 23.9 Å². The fourth-order valence-electron chi connectivity index (χ4n) is 6.54. The molecule has 0 bridgehead atoms. The lowest BCUT2D eigenvalue weighted by atomic mass is 9.85. The van der Waals surface area contributed by atoms with Gasteiger partial charge in [-0.2, -0.15) is 0 Å². The van der Waals surface area contributed by atoms with Crippen molar-refractivity contribution in [2.24, 2.45) is 5.41 Å². The summed E-state index contributed by atoms with van der Waals surface area (Å²) in [7, 11) is 3.15. The minimum atomic E-state index is -1.04. The number of ether oxygens (including phenoxy) is 1. The zero-order valence-electron chi connectivity index (χ0n) is 31.0. The van der Waals surface area contributed by atoms with Crippen LogP contribution in [0.2, 0.25) is 5.02 Å². The Labute approximate surface area is 305 Å². The van der Waals surface area contributed by atoms with Gasteiger partial charge in [0, 0.05) is 49.4 Å². The number of fused-ring (bicyclic) bond motifs is 1. The monoisotopic (exact) mass is 721 g/mol. The summed E-state index contributed by atoms with van der Waals surface area (Å²) in [6, 6.07) is 7.56. The highest BCUT2D eigenvalue weighted by molar-refractivity contribution is 6.33. The van der Waals surface area contributed by atoms with Gasteiger partial charge in [0.05, 0.1) is 41.1 Å². The van der Waals surface area contributed by atoms with Crippen molar-refractivity contribution >= 4 is 63.1 Å². The number of carbonyl (C=O) groups excluding carboxylic acids is 3. The van der Waals surface area contributed by atoms with Crippen LogP contribution in [0.25, 0.3) is 10.9 Å². The van der Waals surface area contributed by atoms with Gasteiger partial charge >= 0.3 is 0 Å². The minimum absolute atomic E-state index is 0.227. The van der Waals surface area contributed by atoms with Gasteiger partial charge in [0.25, 0.3) is 11.8 Å². The van der Waals surface area contributed by atoms with Crippen LogP contribution in [0.1, 0.15) is 54.4 Å². The van der Waals surface area contributed by atoms with Crippen LogP contribution < -0.4 is 35.8 Å². The van der Waals surface area contributed by atoms with Crippen LogP contribution in [-0.2, 0) is 14.4 Å². The van der Waals surface area contributed by atoms with E-state index in [0.717, 1.165) is 48.9 Å². The van der Waals surface area contributed by atoms with E-state index in [1.807, 2.05) is 39.0 Å². The summed E-state index contributed by atoms with van der Waals surface area (Å²) >= 11 is 6.85. The maximum absolute atomic E-state index is 14.7. The molecule has 2 aromatic carbocycles. The summed E-state index contributed by atoms with van der Waals surface area (Å²) in [5.74, 6) is -0.619. The van der Waals surface area contributed by atoms with Crippen molar-refractivity contribution < 1.29 is 19.1 Å². The molecular weight excluding hydrogens is 670 g/mol. The molecule has 2 aliphatic heterocycles. The molecule has 0 aliphatic carbocycles. The van der Waals surface area contributed by atoms with E-state index in [0.29, 0.717) is 40.8 Å². The molecule has 0 radical (unpaired) electrons. The molecule has 0 saturated carbocycles. The summed E-state index contributed by atoms with van der Waals surface area (Å²) in [5.41, 5.74) is 1.72. The first kappa shape index (κ1) is 38.2. The van der Waals surface area contributed by atoms with Crippen LogP contribution in [0.5, 0.6) is 5.75 Å². The highest BCUT2D eigenvalue weighted by atomic mass is 35.5. The molecule has 3 heterocycles. The number of likely N-dealkylation sites (N-methyl/N-ethyl adjacent to an activating group) is 1. The third-order valence-corrected chi connectivity index (χ3v) is 10.1. The molecule has 4 N–H and O–H groups in total. The molecule has 3 atom stereocenters. The van der Waals surface area contributed by atoms with Crippen molar-refractivity contribution in [1.82, 2.24) is 30.8 Å². The lowest BCUT2D eigenvalue weighted by Crippen LogP contribution is -2.60. The van der Waals surface area contributed by atoms with Crippen molar-refractivity contribution in [2.45, 2.75) is 78.6 Å². The molecule has 2 fully saturated rings. The van der Waals surface area contributed by atoms with E-state index in [9.17, 15) is 14.4 Å². The van der Waals surface area contributed by atoms with E-state index in [4.69, 9.17) is 16.3 Å². The van der Waals surface area contributed by atoms with Gasteiger partial charge in [-0.25, -0.2) is 14.9 Å². The summed E-state index contributed by atoms with van der Waals surface area (Å²) in [6.07, 6.45) is 2.81. The third-order valence-electron chi connectivity index (χ3n) is 9.80. The molecule has 1 aromatic heterocycles. The number of hydrogen-bond acceptors (Lipinski definition) is 11. The number of nitrogens with one attached hydrogen (secondary N) is 4. The molecular formula is C37H52ClN9O4. The molecule has 2 saturated heterocycles. The van der Waals surface area contributed by atoms with E-state index >= 15 is 0 Å². The largest absolute Gasteiger partial charge is 0.494 e. The number of hydrogen-bond donors (Lipinski definition) is 4. The van der Waals surface area contributed by atoms with Crippen LogP contribution in [0.4, 0.5) is 22.9 Å². The smallest absolute Gasteiger partial charge is 0.257 e. The maximum atomic E-state index is 14.7. The van der Waals surface area contributed by atoms with Gasteiger partial charge in [-0.15, -0.1) is 0 Å². The number of nitrogens with zero attached hydrogens (tertiary/aromatic N) is 5. The van der Waals surface area contributed by atoms with Crippen LogP contribution >= 0.6 is 11.6 Å². The second kappa shape index (κ2) is 16.1. The molecule has 0 spiro atoms. The molecule has 14 heteroatoms. The second-order valence-electron chi connectivity index (χ2n) is 14.7. The summed E-state index contributed by atoms with van der Waals surface area (Å²) in [4.78, 5) is 57.1. The number of amides is 3. The average molecular weight is 722 g/mol. The van der Waals surface area contributed by atoms with Crippen LogP contribution in [0, 0.1) is 5.41 Å². The van der Waals surface area contributed by atoms with Crippen molar-refractivity contribution in [3.8, 4) is 5.75 Å². The van der Waals surface area contributed by atoms with Crippen molar-refractivity contribution in [2.75, 3.05) is 62.0 Å². The number of methoxy groups -OCH3 is 1. The van der Waals surface area contributed by atoms with Gasteiger partial charge in [-0.05, 0) is 76.9 Å². The third kappa shape index (κ3) is 8.54. The van der Waals surface area contributed by atoms with Crippen molar-refractivity contribution in [3.05, 3.63) is 41.7 Å². The van der Waals surface area contributed by atoms with E-state index in [2.05, 4.69) is 54.9 Å². The Morgan fingerprint density at radius 3 is 2.37 bits per heavy atom. The van der Waals surface area contributed by atoms with Crippen molar-refractivity contribution in [3.63, 3.8) is 0 Å². The van der Waals surface area contributed by atoms with Crippen LogP contribution in [0.3, 0.4) is 0 Å². The molecule has 276 valence electrons. The zero-order valence-corrected chi connectivity index (χ0v) is 31.7. The van der Waals surface area contributed by atoms with E-state index < -0.39 is 35.4 Å². The van der Waals surface area contributed by atoms with Gasteiger partial charge in [0.2, 0.25) is 5.91 Å². The molecule has 51 heavy (non-hydrogen) atoms. The number of carbonyl (C=O) groups is 3. The average Bonchev–Trinajstić information content (AvgIpc) is 3.65. The first-order chi connectivity index (χ1) is 24.2. The quantitative estimate of drug-likeness (QED) is 0.225. The number of rotatable bonds is 11. The summed E-state index contributed by atoms with van der Waals surface area (Å²) in [5, 5.41) is 13.6. The molecule has 13 nitrogen and oxygen atoms in total. The Kier molecular flexibility index (Phi) is 12.1. The van der Waals surface area contributed by atoms with E-state index in [1.165, 1.54) is 13.4 Å². The molecule has 5 rings (SSSR count). The number of piperazine rings is 1. The standard InChI is InChI=1S/C37H52ClN9O4/c1-22(2)45-14-16-46(17-15-45)29-12-11-24(18-26(29)38)43-33-25-19-30(31(51-8)20-28(25)41-21-42-33)47(35(49)27-10-9-13-40-27)36(50)32(37(4,5)6)44-34(48)23(3)39-7/h11-12,18-23,27,32,39-40H,9-10,13-17H2,1-8H3,(H,44,48)(H,41,42,43)/t23-,27-,32+/m0/s1. The van der Waals surface area contributed by atoms with E-state index in [1.54, 1.807) is 26.1 Å². The van der Waals surface area contributed by atoms with E-state index in [-0.39, 0.29) is 17.3 Å². The Morgan fingerprint density at radius 1 is 1.06 bits per heavy atom. The van der Waals surface area contributed by atoms with Gasteiger partial charge in [0.15, 0.2) is 0 Å². The highest BCUT2D eigenvalue weighted by Gasteiger charge is 2.42.